The number of nitrogens with zero attached hydrogens (tertiary/aromatic N) is 2. The van der Waals surface area contributed by atoms with Crippen molar-refractivity contribution >= 4 is 10.0 Å². The Morgan fingerprint density at radius 2 is 2.31 bits per heavy atom. The zero-order valence-electron chi connectivity index (χ0n) is 9.55. The monoisotopic (exact) mass is 246 g/mol. The highest BCUT2D eigenvalue weighted by molar-refractivity contribution is 7.90. The molecule has 0 aliphatic carbocycles. The van der Waals surface area contributed by atoms with E-state index in [0.717, 1.165) is 5.69 Å². The topological polar surface area (TPSA) is 90.0 Å². The third-order valence-electron chi connectivity index (χ3n) is 2.31. The van der Waals surface area contributed by atoms with Gasteiger partial charge in [0.2, 0.25) is 10.0 Å². The van der Waals surface area contributed by atoms with Crippen LogP contribution in [0.15, 0.2) is 12.3 Å². The second-order valence-corrected chi connectivity index (χ2v) is 5.90. The molecule has 7 heteroatoms. The highest BCUT2D eigenvalue weighted by atomic mass is 32.2. The highest BCUT2D eigenvalue weighted by Gasteiger charge is 2.17. The molecule has 0 bridgehead atoms. The summed E-state index contributed by atoms with van der Waals surface area (Å²) in [4.78, 5) is 0. The number of rotatable bonds is 6. The van der Waals surface area contributed by atoms with Crippen LogP contribution in [-0.2, 0) is 23.5 Å². The lowest BCUT2D eigenvalue weighted by atomic mass is 10.3. The minimum Gasteiger partial charge on any atom is -0.329 e. The number of aryl methyl sites for hydroxylation is 1. The first-order valence-corrected chi connectivity index (χ1v) is 6.67. The van der Waals surface area contributed by atoms with Gasteiger partial charge in [-0.25, -0.2) is 13.1 Å². The fourth-order valence-corrected chi connectivity index (χ4v) is 2.11. The van der Waals surface area contributed by atoms with Gasteiger partial charge >= 0.3 is 0 Å². The van der Waals surface area contributed by atoms with E-state index < -0.39 is 15.3 Å². The van der Waals surface area contributed by atoms with Gasteiger partial charge in [0.15, 0.2) is 0 Å². The van der Waals surface area contributed by atoms with Crippen LogP contribution in [0.2, 0.25) is 0 Å². The van der Waals surface area contributed by atoms with Crippen LogP contribution in [-0.4, -0.2) is 36.5 Å². The molecule has 0 spiro atoms. The van der Waals surface area contributed by atoms with Crippen LogP contribution in [0.5, 0.6) is 0 Å². The number of hydrogen-bond donors (Lipinski definition) is 2. The number of nitrogens with one attached hydrogen (secondary N) is 1. The van der Waals surface area contributed by atoms with E-state index in [2.05, 4.69) is 9.82 Å². The summed E-state index contributed by atoms with van der Waals surface area (Å²) >= 11 is 0. The largest absolute Gasteiger partial charge is 0.329 e. The Balaban J connectivity index is 2.41. The molecule has 16 heavy (non-hydrogen) atoms. The molecule has 0 amide bonds. The molecule has 0 aliphatic rings. The maximum absolute atomic E-state index is 11.5. The Morgan fingerprint density at radius 3 is 2.81 bits per heavy atom. The molecule has 0 aliphatic heterocycles. The van der Waals surface area contributed by atoms with Crippen molar-refractivity contribution in [2.24, 2.45) is 12.8 Å². The van der Waals surface area contributed by atoms with E-state index in [0.29, 0.717) is 13.0 Å². The molecule has 0 fully saturated rings. The van der Waals surface area contributed by atoms with Crippen molar-refractivity contribution in [3.63, 3.8) is 0 Å². The Kier molecular flexibility index (Phi) is 4.45. The molecular formula is C9H18N4O2S. The lowest BCUT2D eigenvalue weighted by Crippen LogP contribution is -2.37. The van der Waals surface area contributed by atoms with Gasteiger partial charge in [0, 0.05) is 32.8 Å². The van der Waals surface area contributed by atoms with Gasteiger partial charge < -0.3 is 5.73 Å². The minimum absolute atomic E-state index is 0.124. The molecule has 1 aromatic heterocycles. The van der Waals surface area contributed by atoms with E-state index in [-0.39, 0.29) is 6.54 Å². The summed E-state index contributed by atoms with van der Waals surface area (Å²) < 4.78 is 27.3. The van der Waals surface area contributed by atoms with Crippen molar-refractivity contribution in [2.45, 2.75) is 18.6 Å². The van der Waals surface area contributed by atoms with Gasteiger partial charge in [-0.2, -0.15) is 5.10 Å². The number of sulfonamides is 1. The van der Waals surface area contributed by atoms with Crippen molar-refractivity contribution in [3.05, 3.63) is 18.0 Å². The Labute approximate surface area is 95.9 Å². The smallest absolute Gasteiger partial charge is 0.215 e. The van der Waals surface area contributed by atoms with Crippen LogP contribution in [0.25, 0.3) is 0 Å². The second kappa shape index (κ2) is 5.42. The predicted octanol–water partition coefficient (Wildman–Crippen LogP) is -0.771. The van der Waals surface area contributed by atoms with Crippen molar-refractivity contribution in [1.82, 2.24) is 14.5 Å². The SMILES string of the molecule is CC(CN)S(=O)(=O)NCCc1ccn(C)n1. The molecule has 1 atom stereocenters. The van der Waals surface area contributed by atoms with E-state index in [1.54, 1.807) is 11.6 Å². The molecule has 1 aromatic rings. The zero-order valence-corrected chi connectivity index (χ0v) is 10.4. The molecule has 6 nitrogen and oxygen atoms in total. The average Bonchev–Trinajstić information content (AvgIpc) is 2.62. The average molecular weight is 246 g/mol. The first kappa shape index (κ1) is 13.1. The first-order valence-electron chi connectivity index (χ1n) is 5.13. The van der Waals surface area contributed by atoms with E-state index in [1.165, 1.54) is 0 Å². The van der Waals surface area contributed by atoms with Crippen molar-refractivity contribution < 1.29 is 8.42 Å². The van der Waals surface area contributed by atoms with Crippen molar-refractivity contribution in [1.29, 1.82) is 0 Å². The predicted molar refractivity (Wildman–Crippen MR) is 62.4 cm³/mol. The van der Waals surface area contributed by atoms with Crippen molar-refractivity contribution in [2.75, 3.05) is 13.1 Å². The van der Waals surface area contributed by atoms with E-state index in [1.807, 2.05) is 19.3 Å². The van der Waals surface area contributed by atoms with Crippen LogP contribution in [0.3, 0.4) is 0 Å². The van der Waals surface area contributed by atoms with Gasteiger partial charge in [0.1, 0.15) is 0 Å². The van der Waals surface area contributed by atoms with Crippen LogP contribution >= 0.6 is 0 Å². The Hall–Kier alpha value is -0.920. The molecule has 1 rings (SSSR count). The third-order valence-corrected chi connectivity index (χ3v) is 4.17. The third kappa shape index (κ3) is 3.58. The maximum Gasteiger partial charge on any atom is 0.215 e. The Morgan fingerprint density at radius 1 is 1.62 bits per heavy atom. The summed E-state index contributed by atoms with van der Waals surface area (Å²) in [7, 11) is -1.46. The van der Waals surface area contributed by atoms with Crippen LogP contribution in [0, 0.1) is 0 Å². The van der Waals surface area contributed by atoms with Crippen LogP contribution in [0.4, 0.5) is 0 Å². The standard InChI is InChI=1S/C9H18N4O2S/c1-8(7-10)16(14,15)11-5-3-9-4-6-13(2)12-9/h4,6,8,11H,3,5,7,10H2,1-2H3. The number of nitrogens with two attached hydrogens (primary N) is 1. The van der Waals surface area contributed by atoms with Crippen LogP contribution in [0.1, 0.15) is 12.6 Å². The molecule has 3 N–H and O–H groups in total. The summed E-state index contributed by atoms with van der Waals surface area (Å²) in [6, 6.07) is 1.86. The Bertz CT molecular complexity index is 426. The lowest BCUT2D eigenvalue weighted by Gasteiger charge is -2.10. The van der Waals surface area contributed by atoms with Crippen molar-refractivity contribution in [3.8, 4) is 0 Å². The molecule has 0 saturated heterocycles. The molecule has 1 heterocycles. The van der Waals surface area contributed by atoms with E-state index in [4.69, 9.17) is 5.73 Å². The van der Waals surface area contributed by atoms with Gasteiger partial charge in [-0.3, -0.25) is 4.68 Å². The van der Waals surface area contributed by atoms with Gasteiger partial charge in [0.25, 0.3) is 0 Å². The fraction of sp³-hybridized carbons (Fsp3) is 0.667. The summed E-state index contributed by atoms with van der Waals surface area (Å²) in [5, 5.41) is 3.59. The second-order valence-electron chi connectivity index (χ2n) is 3.72. The minimum atomic E-state index is -3.28. The molecule has 1 unspecified atom stereocenters. The molecular weight excluding hydrogens is 228 g/mol. The fourth-order valence-electron chi connectivity index (χ4n) is 1.19. The normalized spacial score (nSPS) is 13.9. The van der Waals surface area contributed by atoms with E-state index >= 15 is 0 Å². The highest BCUT2D eigenvalue weighted by Crippen LogP contribution is 1.98. The van der Waals surface area contributed by atoms with E-state index in [9.17, 15) is 8.42 Å². The van der Waals surface area contributed by atoms with Gasteiger partial charge in [0.05, 0.1) is 10.9 Å². The first-order chi connectivity index (χ1) is 7.45. The molecule has 0 aromatic carbocycles. The summed E-state index contributed by atoms with van der Waals surface area (Å²) in [5.41, 5.74) is 6.18. The summed E-state index contributed by atoms with van der Waals surface area (Å²) in [6.07, 6.45) is 2.41. The van der Waals surface area contributed by atoms with Gasteiger partial charge in [-0.1, -0.05) is 0 Å². The molecule has 0 saturated carbocycles. The lowest BCUT2D eigenvalue weighted by molar-refractivity contribution is 0.568. The van der Waals surface area contributed by atoms with Gasteiger partial charge in [-0.15, -0.1) is 0 Å². The molecule has 0 radical (unpaired) electrons. The van der Waals surface area contributed by atoms with Crippen LogP contribution < -0.4 is 10.5 Å². The number of hydrogen-bond acceptors (Lipinski definition) is 4. The van der Waals surface area contributed by atoms with Gasteiger partial charge in [-0.05, 0) is 13.0 Å². The summed E-state index contributed by atoms with van der Waals surface area (Å²) in [6.45, 7) is 2.06. The zero-order chi connectivity index (χ0) is 12.2. The number of aromatic nitrogens is 2. The molecule has 92 valence electrons. The maximum atomic E-state index is 11.5. The summed E-state index contributed by atoms with van der Waals surface area (Å²) in [5.74, 6) is 0. The quantitative estimate of drug-likeness (QED) is 0.689.